The first-order chi connectivity index (χ1) is 17.7. The topological polar surface area (TPSA) is 169 Å². The van der Waals surface area contributed by atoms with Gasteiger partial charge in [0.05, 0.1) is 10.8 Å². The van der Waals surface area contributed by atoms with Crippen LogP contribution in [0.1, 0.15) is 33.3 Å². The summed E-state index contributed by atoms with van der Waals surface area (Å²) in [6.45, 7) is 6.15. The molecule has 0 bridgehead atoms. The van der Waals surface area contributed by atoms with E-state index in [0.29, 0.717) is 4.31 Å². The molecule has 2 aliphatic carbocycles. The Bertz CT molecular complexity index is 1280. The summed E-state index contributed by atoms with van der Waals surface area (Å²) in [6.07, 6.45) is -7.74. The van der Waals surface area contributed by atoms with E-state index in [1.54, 1.807) is 19.1 Å². The first-order valence-corrected chi connectivity index (χ1v) is 13.2. The van der Waals surface area contributed by atoms with Crippen LogP contribution in [0.5, 0.6) is 0 Å². The standard InChI is InChI=1S/C24H27NO12S/c1-10-6-8-15(9-7-10)38(31,32)25-18-19(37-24(25)30)16-17(21(34-12(3)27)20(16)33-11(2)26)22(35-13(4)28)23(18)36-14(5)29/h6-9,16-23H,1-5H3/t16-,17-,18+,19+,20+,21+,22-,23+/m1/s1. The van der Waals surface area contributed by atoms with Crippen LogP contribution >= 0.6 is 0 Å². The molecular formula is C24H27NO12S. The molecule has 3 aliphatic rings. The normalized spacial score (nSPS) is 31.6. The summed E-state index contributed by atoms with van der Waals surface area (Å²) in [5.74, 6) is -5.03. The van der Waals surface area contributed by atoms with Crippen LogP contribution in [0.2, 0.25) is 0 Å². The molecule has 0 unspecified atom stereocenters. The lowest BCUT2D eigenvalue weighted by Gasteiger charge is -2.58. The lowest BCUT2D eigenvalue weighted by molar-refractivity contribution is -0.275. The second-order valence-corrected chi connectivity index (χ2v) is 11.2. The zero-order valence-corrected chi connectivity index (χ0v) is 22.0. The van der Waals surface area contributed by atoms with Gasteiger partial charge in [0.15, 0.2) is 6.10 Å². The minimum absolute atomic E-state index is 0.226. The number of hydrogen-bond donors (Lipinski definition) is 0. The number of fused-ring (bicyclic) bond motifs is 3. The number of hydrogen-bond acceptors (Lipinski definition) is 12. The predicted molar refractivity (Wildman–Crippen MR) is 123 cm³/mol. The van der Waals surface area contributed by atoms with Gasteiger partial charge in [-0.05, 0) is 19.1 Å². The molecule has 1 aromatic rings. The SMILES string of the molecule is CC(=O)O[C@@H]1[C@@H](OC(C)=O)[C@H]2[C@@H]3OC(=O)N(S(=O)(=O)c4ccc(C)cc4)[C@@H]3[C@H](OC(C)=O)[C@H](OC(C)=O)[C@@H]12. The number of aryl methyl sites for hydroxylation is 1. The van der Waals surface area contributed by atoms with Crippen LogP contribution in [0.4, 0.5) is 4.79 Å². The van der Waals surface area contributed by atoms with Gasteiger partial charge >= 0.3 is 30.0 Å². The molecule has 3 fully saturated rings. The molecule has 1 saturated heterocycles. The summed E-state index contributed by atoms with van der Waals surface area (Å²) in [6, 6.07) is 4.21. The largest absolute Gasteiger partial charge is 0.458 e. The van der Waals surface area contributed by atoms with Gasteiger partial charge in [0.1, 0.15) is 30.5 Å². The zero-order valence-electron chi connectivity index (χ0n) is 21.2. The highest BCUT2D eigenvalue weighted by atomic mass is 32.2. The molecule has 0 radical (unpaired) electrons. The smallest absolute Gasteiger partial charge is 0.424 e. The second-order valence-electron chi connectivity index (χ2n) is 9.40. The Hall–Kier alpha value is -3.68. The van der Waals surface area contributed by atoms with Gasteiger partial charge in [0, 0.05) is 33.6 Å². The molecule has 1 aliphatic heterocycles. The van der Waals surface area contributed by atoms with Crippen molar-refractivity contribution < 1.29 is 56.1 Å². The maximum Gasteiger partial charge on any atom is 0.424 e. The molecule has 0 N–H and O–H groups in total. The van der Waals surface area contributed by atoms with E-state index in [1.807, 2.05) is 0 Å². The van der Waals surface area contributed by atoms with E-state index >= 15 is 0 Å². The van der Waals surface area contributed by atoms with Crippen LogP contribution in [0.15, 0.2) is 29.2 Å². The molecule has 2 saturated carbocycles. The first kappa shape index (κ1) is 27.4. The molecule has 1 heterocycles. The minimum atomic E-state index is -4.55. The number of amides is 1. The van der Waals surface area contributed by atoms with Gasteiger partial charge in [-0.2, -0.15) is 4.31 Å². The van der Waals surface area contributed by atoms with Gasteiger partial charge in [-0.3, -0.25) is 19.2 Å². The quantitative estimate of drug-likeness (QED) is 0.360. The summed E-state index contributed by atoms with van der Waals surface area (Å²) in [5.41, 5.74) is 0.772. The van der Waals surface area contributed by atoms with Crippen LogP contribution in [0.25, 0.3) is 0 Å². The minimum Gasteiger partial charge on any atom is -0.458 e. The number of carbonyl (C=O) groups excluding carboxylic acids is 5. The van der Waals surface area contributed by atoms with E-state index in [9.17, 15) is 32.4 Å². The van der Waals surface area contributed by atoms with E-state index in [-0.39, 0.29) is 4.90 Å². The summed E-state index contributed by atoms with van der Waals surface area (Å²) < 4.78 is 55.0. The van der Waals surface area contributed by atoms with Gasteiger partial charge in [0.2, 0.25) is 0 Å². The van der Waals surface area contributed by atoms with Gasteiger partial charge in [-0.25, -0.2) is 13.2 Å². The molecule has 206 valence electrons. The average molecular weight is 554 g/mol. The molecule has 0 spiro atoms. The fraction of sp³-hybridized carbons (Fsp3) is 0.542. The van der Waals surface area contributed by atoms with Crippen molar-refractivity contribution in [2.24, 2.45) is 11.8 Å². The number of rotatable bonds is 6. The highest BCUT2D eigenvalue weighted by Crippen LogP contribution is 2.54. The molecule has 14 heteroatoms. The molecule has 0 aromatic heterocycles. The molecule has 4 rings (SSSR count). The second kappa shape index (κ2) is 9.89. The molecule has 1 amide bonds. The third-order valence-corrected chi connectivity index (χ3v) is 8.53. The maximum atomic E-state index is 13.7. The van der Waals surface area contributed by atoms with E-state index in [0.717, 1.165) is 33.3 Å². The molecule has 38 heavy (non-hydrogen) atoms. The fourth-order valence-corrected chi connectivity index (χ4v) is 7.00. The lowest BCUT2D eigenvalue weighted by atomic mass is 9.56. The number of esters is 4. The van der Waals surface area contributed by atoms with Gasteiger partial charge < -0.3 is 23.7 Å². The highest BCUT2D eigenvalue weighted by Gasteiger charge is 2.74. The van der Waals surface area contributed by atoms with E-state index in [1.165, 1.54) is 12.1 Å². The molecular weight excluding hydrogens is 526 g/mol. The molecule has 13 nitrogen and oxygen atoms in total. The van der Waals surface area contributed by atoms with Gasteiger partial charge in [0.25, 0.3) is 10.0 Å². The fourth-order valence-electron chi connectivity index (χ4n) is 5.50. The number of benzene rings is 1. The number of sulfonamides is 1. The summed E-state index contributed by atoms with van der Waals surface area (Å²) in [4.78, 5) is 60.9. The summed E-state index contributed by atoms with van der Waals surface area (Å²) in [7, 11) is -4.55. The lowest BCUT2D eigenvalue weighted by Crippen LogP contribution is -2.76. The summed E-state index contributed by atoms with van der Waals surface area (Å²) in [5, 5.41) is 0. The van der Waals surface area contributed by atoms with Crippen molar-refractivity contribution in [1.82, 2.24) is 4.31 Å². The molecule has 1 aromatic carbocycles. The van der Waals surface area contributed by atoms with Crippen LogP contribution in [0, 0.1) is 18.8 Å². The van der Waals surface area contributed by atoms with Crippen molar-refractivity contribution in [1.29, 1.82) is 0 Å². The third-order valence-electron chi connectivity index (χ3n) is 6.76. The monoisotopic (exact) mass is 553 g/mol. The van der Waals surface area contributed by atoms with Crippen LogP contribution in [-0.2, 0) is 52.9 Å². The average Bonchev–Trinajstić information content (AvgIpc) is 3.13. The Kier molecular flexibility index (Phi) is 7.12. The van der Waals surface area contributed by atoms with Crippen LogP contribution < -0.4 is 0 Å². The first-order valence-electron chi connectivity index (χ1n) is 11.7. The van der Waals surface area contributed by atoms with E-state index in [2.05, 4.69) is 0 Å². The van der Waals surface area contributed by atoms with E-state index < -0.39 is 88.4 Å². The summed E-state index contributed by atoms with van der Waals surface area (Å²) >= 11 is 0. The van der Waals surface area contributed by atoms with Crippen molar-refractivity contribution in [3.05, 3.63) is 29.8 Å². The Morgan fingerprint density at radius 1 is 0.737 bits per heavy atom. The Morgan fingerprint density at radius 3 is 1.63 bits per heavy atom. The zero-order chi connectivity index (χ0) is 28.1. The van der Waals surface area contributed by atoms with Crippen molar-refractivity contribution >= 4 is 40.0 Å². The van der Waals surface area contributed by atoms with Gasteiger partial charge in [-0.1, -0.05) is 17.7 Å². The number of nitrogens with zero attached hydrogens (tertiary/aromatic N) is 1. The third kappa shape index (κ3) is 4.68. The molecule has 8 atom stereocenters. The van der Waals surface area contributed by atoms with Crippen molar-refractivity contribution in [3.8, 4) is 0 Å². The van der Waals surface area contributed by atoms with Crippen molar-refractivity contribution in [2.75, 3.05) is 0 Å². The number of ether oxygens (including phenoxy) is 5. The Balaban J connectivity index is 1.86. The van der Waals surface area contributed by atoms with Crippen molar-refractivity contribution in [3.63, 3.8) is 0 Å². The van der Waals surface area contributed by atoms with Gasteiger partial charge in [-0.15, -0.1) is 0 Å². The number of carbonyl (C=O) groups is 5. The Labute approximate surface area is 218 Å². The predicted octanol–water partition coefficient (Wildman–Crippen LogP) is 0.860. The van der Waals surface area contributed by atoms with Crippen LogP contribution in [0.3, 0.4) is 0 Å². The van der Waals surface area contributed by atoms with Crippen LogP contribution in [-0.4, -0.2) is 79.3 Å². The van der Waals surface area contributed by atoms with E-state index in [4.69, 9.17) is 23.7 Å². The van der Waals surface area contributed by atoms with Crippen molar-refractivity contribution in [2.45, 2.75) is 76.1 Å². The maximum absolute atomic E-state index is 13.7. The Morgan fingerprint density at radius 2 is 1.16 bits per heavy atom. The highest BCUT2D eigenvalue weighted by molar-refractivity contribution is 7.89.